The van der Waals surface area contributed by atoms with Crippen LogP contribution in [-0.4, -0.2) is 41.1 Å². The van der Waals surface area contributed by atoms with Gasteiger partial charge in [-0.25, -0.2) is 4.79 Å². The molecule has 5 nitrogen and oxygen atoms in total. The van der Waals surface area contributed by atoms with Gasteiger partial charge in [0.1, 0.15) is 6.04 Å². The number of hydrogen-bond acceptors (Lipinski definition) is 2. The van der Waals surface area contributed by atoms with Crippen molar-refractivity contribution in [2.75, 3.05) is 13.1 Å². The average Bonchev–Trinajstić information content (AvgIpc) is 2.44. The van der Waals surface area contributed by atoms with Crippen LogP contribution in [-0.2, 0) is 4.79 Å². The lowest BCUT2D eigenvalue weighted by atomic mass is 9.85. The van der Waals surface area contributed by atoms with Crippen molar-refractivity contribution in [1.29, 1.82) is 0 Å². The normalized spacial score (nSPS) is 23.0. The summed E-state index contributed by atoms with van der Waals surface area (Å²) in [7, 11) is 0. The number of carbonyl (C=O) groups is 2. The van der Waals surface area contributed by atoms with E-state index in [1.165, 1.54) is 49.8 Å². The molecule has 0 bridgehead atoms. The fourth-order valence-electron chi connectivity index (χ4n) is 3.28. The Morgan fingerprint density at radius 1 is 1.20 bits per heavy atom. The van der Waals surface area contributed by atoms with Gasteiger partial charge in [0.05, 0.1) is 0 Å². The number of carbonyl (C=O) groups excluding carboxylic acids is 1. The molecule has 0 aromatic heterocycles. The summed E-state index contributed by atoms with van der Waals surface area (Å²) in [5.74, 6) is 0.742. The van der Waals surface area contributed by atoms with Crippen LogP contribution in [0.3, 0.4) is 0 Å². The Hall–Kier alpha value is -1.26. The molecule has 1 aliphatic carbocycles. The minimum absolute atomic E-state index is 0.158. The zero-order valence-corrected chi connectivity index (χ0v) is 12.1. The third-order valence-electron chi connectivity index (χ3n) is 4.63. The molecule has 1 unspecified atom stereocenters. The minimum atomic E-state index is -0.975. The molecule has 1 heterocycles. The van der Waals surface area contributed by atoms with Crippen molar-refractivity contribution >= 4 is 12.0 Å². The molecule has 1 saturated carbocycles. The topological polar surface area (TPSA) is 69.6 Å². The second-order valence-electron chi connectivity index (χ2n) is 6.09. The van der Waals surface area contributed by atoms with Gasteiger partial charge in [-0.1, -0.05) is 51.4 Å². The zero-order valence-electron chi connectivity index (χ0n) is 12.1. The van der Waals surface area contributed by atoms with E-state index >= 15 is 0 Å². The third-order valence-corrected chi connectivity index (χ3v) is 4.63. The van der Waals surface area contributed by atoms with Crippen LogP contribution in [0.1, 0.15) is 57.8 Å². The zero-order chi connectivity index (χ0) is 14.4. The van der Waals surface area contributed by atoms with Crippen LogP contribution in [0.25, 0.3) is 0 Å². The minimum Gasteiger partial charge on any atom is -0.465 e. The maximum Gasteiger partial charge on any atom is 0.408 e. The number of carboxylic acid groups (broad SMARTS) is 1. The first-order valence-electron chi connectivity index (χ1n) is 7.96. The predicted molar refractivity (Wildman–Crippen MR) is 76.6 cm³/mol. The van der Waals surface area contributed by atoms with Gasteiger partial charge < -0.3 is 10.4 Å². The highest BCUT2D eigenvalue weighted by Crippen LogP contribution is 2.27. The van der Waals surface area contributed by atoms with Crippen molar-refractivity contribution in [2.45, 2.75) is 63.8 Å². The fraction of sp³-hybridized carbons (Fsp3) is 0.867. The number of amides is 2. The summed E-state index contributed by atoms with van der Waals surface area (Å²) in [4.78, 5) is 23.7. The van der Waals surface area contributed by atoms with Gasteiger partial charge in [-0.3, -0.25) is 9.69 Å². The summed E-state index contributed by atoms with van der Waals surface area (Å²) in [6.07, 6.45) is 10.4. The molecule has 0 aromatic rings. The van der Waals surface area contributed by atoms with Gasteiger partial charge in [0.15, 0.2) is 0 Å². The van der Waals surface area contributed by atoms with Gasteiger partial charge in [-0.2, -0.15) is 0 Å². The molecule has 2 amide bonds. The molecule has 2 rings (SSSR count). The van der Waals surface area contributed by atoms with Crippen molar-refractivity contribution < 1.29 is 14.7 Å². The lowest BCUT2D eigenvalue weighted by molar-refractivity contribution is -0.132. The monoisotopic (exact) mass is 282 g/mol. The highest BCUT2D eigenvalue weighted by molar-refractivity contribution is 5.90. The molecule has 1 atom stereocenters. The van der Waals surface area contributed by atoms with Gasteiger partial charge in [0, 0.05) is 13.1 Å². The third kappa shape index (κ3) is 4.12. The molecule has 2 aliphatic rings. The highest BCUT2D eigenvalue weighted by Gasteiger charge is 2.35. The maximum atomic E-state index is 11.3. The largest absolute Gasteiger partial charge is 0.465 e. The number of nitrogens with zero attached hydrogens (tertiary/aromatic N) is 1. The van der Waals surface area contributed by atoms with Gasteiger partial charge in [-0.15, -0.1) is 0 Å². The van der Waals surface area contributed by atoms with Crippen molar-refractivity contribution in [3.05, 3.63) is 0 Å². The number of β-lactam (4-membered cyclic amide) rings is 1. The summed E-state index contributed by atoms with van der Waals surface area (Å²) in [6.45, 7) is 0.950. The van der Waals surface area contributed by atoms with E-state index in [1.54, 1.807) is 0 Å². The van der Waals surface area contributed by atoms with Crippen LogP contribution in [0.4, 0.5) is 4.79 Å². The van der Waals surface area contributed by atoms with Crippen molar-refractivity contribution in [3.8, 4) is 0 Å². The van der Waals surface area contributed by atoms with E-state index in [9.17, 15) is 9.59 Å². The summed E-state index contributed by atoms with van der Waals surface area (Å²) < 4.78 is 0. The molecule has 2 fully saturated rings. The molecule has 0 aromatic carbocycles. The standard InChI is InChI=1S/C15H26N2O3/c18-14-13(11-16-14)17(15(19)20)10-6-2-5-9-12-7-3-1-4-8-12/h12-13H,1-11H2,(H,16,18)(H,19,20). The number of nitrogens with one attached hydrogen (secondary N) is 1. The van der Waals surface area contributed by atoms with E-state index < -0.39 is 12.1 Å². The van der Waals surface area contributed by atoms with Crippen LogP contribution in [0.15, 0.2) is 0 Å². The molecular weight excluding hydrogens is 256 g/mol. The van der Waals surface area contributed by atoms with E-state index in [1.807, 2.05) is 0 Å². The lowest BCUT2D eigenvalue weighted by Gasteiger charge is -2.34. The van der Waals surface area contributed by atoms with Crippen LogP contribution < -0.4 is 5.32 Å². The van der Waals surface area contributed by atoms with E-state index in [2.05, 4.69) is 5.32 Å². The van der Waals surface area contributed by atoms with E-state index in [0.717, 1.165) is 18.8 Å². The summed E-state index contributed by atoms with van der Waals surface area (Å²) in [5, 5.41) is 11.7. The fourth-order valence-corrected chi connectivity index (χ4v) is 3.28. The molecule has 1 saturated heterocycles. The molecular formula is C15H26N2O3. The Kier molecular flexibility index (Phi) is 5.68. The van der Waals surface area contributed by atoms with Crippen LogP contribution >= 0.6 is 0 Å². The molecule has 0 radical (unpaired) electrons. The second-order valence-corrected chi connectivity index (χ2v) is 6.09. The van der Waals surface area contributed by atoms with Gasteiger partial charge >= 0.3 is 6.09 Å². The average molecular weight is 282 g/mol. The van der Waals surface area contributed by atoms with Crippen LogP contribution in [0.5, 0.6) is 0 Å². The van der Waals surface area contributed by atoms with E-state index in [0.29, 0.717) is 13.1 Å². The highest BCUT2D eigenvalue weighted by atomic mass is 16.4. The summed E-state index contributed by atoms with van der Waals surface area (Å²) in [6, 6.07) is -0.453. The summed E-state index contributed by atoms with van der Waals surface area (Å²) in [5.41, 5.74) is 0. The SMILES string of the molecule is O=C1NCC1N(CCCCCC1CCCCC1)C(=O)O. The second kappa shape index (κ2) is 7.50. The van der Waals surface area contributed by atoms with E-state index in [4.69, 9.17) is 5.11 Å². The predicted octanol–water partition coefficient (Wildman–Crippen LogP) is 2.61. The van der Waals surface area contributed by atoms with Crippen molar-refractivity contribution in [2.24, 2.45) is 5.92 Å². The lowest BCUT2D eigenvalue weighted by Crippen LogP contribution is -2.63. The first kappa shape index (κ1) is 15.1. The van der Waals surface area contributed by atoms with Crippen molar-refractivity contribution in [1.82, 2.24) is 10.2 Å². The first-order valence-corrected chi connectivity index (χ1v) is 7.96. The maximum absolute atomic E-state index is 11.3. The van der Waals surface area contributed by atoms with Gasteiger partial charge in [-0.05, 0) is 12.3 Å². The number of rotatable bonds is 7. The number of hydrogen-bond donors (Lipinski definition) is 2. The molecule has 2 N–H and O–H groups in total. The van der Waals surface area contributed by atoms with Crippen molar-refractivity contribution in [3.63, 3.8) is 0 Å². The Morgan fingerprint density at radius 2 is 1.95 bits per heavy atom. The van der Waals surface area contributed by atoms with Crippen LogP contribution in [0, 0.1) is 5.92 Å². The first-order chi connectivity index (χ1) is 9.68. The number of unbranched alkanes of at least 4 members (excludes halogenated alkanes) is 2. The molecule has 0 spiro atoms. The Morgan fingerprint density at radius 3 is 2.50 bits per heavy atom. The quantitative estimate of drug-likeness (QED) is 0.557. The molecule has 5 heteroatoms. The van der Waals surface area contributed by atoms with Gasteiger partial charge in [0.25, 0.3) is 0 Å². The van der Waals surface area contributed by atoms with Gasteiger partial charge in [0.2, 0.25) is 5.91 Å². The Labute approximate surface area is 120 Å². The van der Waals surface area contributed by atoms with Crippen LogP contribution in [0.2, 0.25) is 0 Å². The van der Waals surface area contributed by atoms with E-state index in [-0.39, 0.29) is 5.91 Å². The summed E-state index contributed by atoms with van der Waals surface area (Å²) >= 11 is 0. The Bertz CT molecular complexity index is 340. The molecule has 1 aliphatic heterocycles. The smallest absolute Gasteiger partial charge is 0.408 e. The molecule has 114 valence electrons. The molecule has 20 heavy (non-hydrogen) atoms. The Balaban J connectivity index is 1.58.